The second-order valence-electron chi connectivity index (χ2n) is 7.08. The fourth-order valence-electron chi connectivity index (χ4n) is 3.59. The Bertz CT molecular complexity index is 1100. The number of fused-ring (bicyclic) bond motifs is 1. The molecule has 28 heavy (non-hydrogen) atoms. The summed E-state index contributed by atoms with van der Waals surface area (Å²) in [6.07, 6.45) is 1.82. The second-order valence-corrected chi connectivity index (χ2v) is 9.88. The van der Waals surface area contributed by atoms with E-state index in [1.165, 1.54) is 5.56 Å². The molecule has 0 unspecified atom stereocenters. The Morgan fingerprint density at radius 2 is 1.79 bits per heavy atom. The summed E-state index contributed by atoms with van der Waals surface area (Å²) in [7, 11) is -3.46. The van der Waals surface area contributed by atoms with Crippen molar-refractivity contribution in [2.45, 2.75) is 18.4 Å². The van der Waals surface area contributed by atoms with Gasteiger partial charge in [0.25, 0.3) is 0 Å². The van der Waals surface area contributed by atoms with Crippen molar-refractivity contribution in [3.8, 4) is 0 Å². The number of pyridine rings is 1. The average Bonchev–Trinajstić information content (AvgIpc) is 2.71. The lowest BCUT2D eigenvalue weighted by atomic mass is 10.1. The van der Waals surface area contributed by atoms with Crippen molar-refractivity contribution in [3.05, 3.63) is 70.3 Å². The smallest absolute Gasteiger partial charge is 0.243 e. The molecule has 1 fully saturated rings. The topological polar surface area (TPSA) is 53.5 Å². The number of benzene rings is 2. The van der Waals surface area contributed by atoms with E-state index in [0.717, 1.165) is 27.5 Å². The van der Waals surface area contributed by atoms with Crippen LogP contribution in [0.5, 0.6) is 0 Å². The summed E-state index contributed by atoms with van der Waals surface area (Å²) in [6.45, 7) is 5.08. The molecule has 3 aromatic rings. The highest BCUT2D eigenvalue weighted by Gasteiger charge is 2.28. The Kier molecular flexibility index (Phi) is 5.51. The summed E-state index contributed by atoms with van der Waals surface area (Å²) in [5.41, 5.74) is 3.12. The predicted molar refractivity (Wildman–Crippen MR) is 115 cm³/mol. The highest BCUT2D eigenvalue weighted by molar-refractivity contribution is 9.10. The number of sulfonamides is 1. The first-order valence-electron chi connectivity index (χ1n) is 9.26. The molecule has 1 aliphatic heterocycles. The molecule has 0 atom stereocenters. The van der Waals surface area contributed by atoms with Crippen LogP contribution in [0, 0.1) is 6.92 Å². The van der Waals surface area contributed by atoms with E-state index in [4.69, 9.17) is 0 Å². The number of piperazine rings is 1. The van der Waals surface area contributed by atoms with Crippen molar-refractivity contribution in [1.82, 2.24) is 14.2 Å². The third-order valence-corrected chi connectivity index (χ3v) is 7.99. The zero-order chi connectivity index (χ0) is 19.7. The van der Waals surface area contributed by atoms with Crippen LogP contribution in [0.3, 0.4) is 0 Å². The van der Waals surface area contributed by atoms with Crippen LogP contribution in [0.1, 0.15) is 11.1 Å². The summed E-state index contributed by atoms with van der Waals surface area (Å²) in [5, 5.41) is 1.13. The van der Waals surface area contributed by atoms with Gasteiger partial charge in [-0.2, -0.15) is 4.31 Å². The molecule has 0 amide bonds. The minimum atomic E-state index is -3.46. The van der Waals surface area contributed by atoms with E-state index >= 15 is 0 Å². The van der Waals surface area contributed by atoms with E-state index in [1.807, 2.05) is 19.2 Å². The highest BCUT2D eigenvalue weighted by atomic mass is 79.9. The van der Waals surface area contributed by atoms with E-state index in [-0.39, 0.29) is 0 Å². The summed E-state index contributed by atoms with van der Waals surface area (Å²) in [5.74, 6) is 0. The highest BCUT2D eigenvalue weighted by Crippen LogP contribution is 2.24. The van der Waals surface area contributed by atoms with Gasteiger partial charge >= 0.3 is 0 Å². The minimum Gasteiger partial charge on any atom is -0.296 e. The Morgan fingerprint density at radius 1 is 1.04 bits per heavy atom. The summed E-state index contributed by atoms with van der Waals surface area (Å²) >= 11 is 3.43. The maximum atomic E-state index is 13.0. The monoisotopic (exact) mass is 459 g/mol. The normalized spacial score (nSPS) is 16.5. The number of aromatic nitrogens is 1. The van der Waals surface area contributed by atoms with E-state index in [1.54, 1.807) is 22.5 Å². The molecule has 1 aromatic heterocycles. The quantitative estimate of drug-likeness (QED) is 0.594. The maximum absolute atomic E-state index is 13.0. The lowest BCUT2D eigenvalue weighted by Gasteiger charge is -2.34. The summed E-state index contributed by atoms with van der Waals surface area (Å²) < 4.78 is 28.5. The van der Waals surface area contributed by atoms with E-state index in [0.29, 0.717) is 31.1 Å². The molecule has 2 aromatic carbocycles. The van der Waals surface area contributed by atoms with Gasteiger partial charge < -0.3 is 0 Å². The predicted octanol–water partition coefficient (Wildman–Crippen LogP) is 3.81. The Labute approximate surface area is 174 Å². The van der Waals surface area contributed by atoms with E-state index in [2.05, 4.69) is 50.1 Å². The molecule has 0 saturated carbocycles. The van der Waals surface area contributed by atoms with Crippen LogP contribution in [0.2, 0.25) is 0 Å². The molecule has 146 valence electrons. The van der Waals surface area contributed by atoms with Crippen molar-refractivity contribution in [2.24, 2.45) is 0 Å². The molecule has 2 heterocycles. The Morgan fingerprint density at radius 3 is 2.54 bits per heavy atom. The molecule has 0 radical (unpaired) electrons. The first kappa shape index (κ1) is 19.5. The maximum Gasteiger partial charge on any atom is 0.243 e. The first-order chi connectivity index (χ1) is 13.4. The fourth-order valence-corrected chi connectivity index (χ4v) is 5.35. The lowest BCUT2D eigenvalue weighted by molar-refractivity contribution is 0.182. The molecule has 0 aliphatic carbocycles. The van der Waals surface area contributed by atoms with Gasteiger partial charge in [-0.3, -0.25) is 9.88 Å². The van der Waals surface area contributed by atoms with Crippen LogP contribution < -0.4 is 0 Å². The number of rotatable bonds is 4. The van der Waals surface area contributed by atoms with Crippen molar-refractivity contribution in [2.75, 3.05) is 26.2 Å². The van der Waals surface area contributed by atoms with Gasteiger partial charge in [0, 0.05) is 48.8 Å². The zero-order valence-electron chi connectivity index (χ0n) is 15.7. The third kappa shape index (κ3) is 3.85. The van der Waals surface area contributed by atoms with E-state index in [9.17, 15) is 8.42 Å². The minimum absolute atomic E-state index is 0.361. The molecule has 4 rings (SSSR count). The molecule has 0 spiro atoms. The standard InChI is InChI=1S/C21H22BrN3O2S/c1-16-14-19(7-8-20(16)22)28(26,27)25-12-10-24(11-13-25)15-18-5-2-4-17-6-3-9-23-21(17)18/h2-9,14H,10-13,15H2,1H3. The van der Waals surface area contributed by atoms with Crippen molar-refractivity contribution < 1.29 is 8.42 Å². The Balaban J connectivity index is 1.46. The summed E-state index contributed by atoms with van der Waals surface area (Å²) in [6, 6.07) is 15.4. The van der Waals surface area contributed by atoms with Crippen LogP contribution in [-0.2, 0) is 16.6 Å². The number of hydrogen-bond donors (Lipinski definition) is 0. The average molecular weight is 460 g/mol. The number of hydrogen-bond acceptors (Lipinski definition) is 4. The van der Waals surface area contributed by atoms with Gasteiger partial charge in [-0.05, 0) is 42.3 Å². The van der Waals surface area contributed by atoms with Gasteiger partial charge in [-0.15, -0.1) is 0 Å². The molecule has 1 saturated heterocycles. The summed E-state index contributed by atoms with van der Waals surface area (Å²) in [4.78, 5) is 7.17. The molecule has 0 N–H and O–H groups in total. The number of para-hydroxylation sites is 1. The third-order valence-electron chi connectivity index (χ3n) is 5.21. The van der Waals surface area contributed by atoms with Crippen LogP contribution in [-0.4, -0.2) is 48.8 Å². The number of halogens is 1. The van der Waals surface area contributed by atoms with Crippen LogP contribution in [0.25, 0.3) is 10.9 Å². The lowest BCUT2D eigenvalue weighted by Crippen LogP contribution is -2.48. The SMILES string of the molecule is Cc1cc(S(=O)(=O)N2CCN(Cc3cccc4cccnc34)CC2)ccc1Br. The van der Waals surface area contributed by atoms with Gasteiger partial charge in [-0.1, -0.05) is 40.2 Å². The van der Waals surface area contributed by atoms with Gasteiger partial charge in [0.15, 0.2) is 0 Å². The van der Waals surface area contributed by atoms with Crippen LogP contribution in [0.4, 0.5) is 0 Å². The second kappa shape index (κ2) is 7.91. The molecule has 5 nitrogen and oxygen atoms in total. The molecule has 7 heteroatoms. The van der Waals surface area contributed by atoms with E-state index < -0.39 is 10.0 Å². The molecular formula is C21H22BrN3O2S. The number of nitrogens with zero attached hydrogens (tertiary/aromatic N) is 3. The van der Waals surface area contributed by atoms with Gasteiger partial charge in [0.1, 0.15) is 0 Å². The first-order valence-corrected chi connectivity index (χ1v) is 11.5. The molecule has 1 aliphatic rings. The fraction of sp³-hybridized carbons (Fsp3) is 0.286. The van der Waals surface area contributed by atoms with Crippen molar-refractivity contribution >= 4 is 36.9 Å². The molecular weight excluding hydrogens is 438 g/mol. The van der Waals surface area contributed by atoms with Gasteiger partial charge in [0.05, 0.1) is 10.4 Å². The van der Waals surface area contributed by atoms with Gasteiger partial charge in [-0.25, -0.2) is 8.42 Å². The molecule has 0 bridgehead atoms. The Hall–Kier alpha value is -1.80. The largest absolute Gasteiger partial charge is 0.296 e. The zero-order valence-corrected chi connectivity index (χ0v) is 18.1. The van der Waals surface area contributed by atoms with Crippen molar-refractivity contribution in [3.63, 3.8) is 0 Å². The number of aryl methyl sites for hydroxylation is 1. The van der Waals surface area contributed by atoms with Crippen LogP contribution >= 0.6 is 15.9 Å². The van der Waals surface area contributed by atoms with Crippen molar-refractivity contribution in [1.29, 1.82) is 0 Å². The van der Waals surface area contributed by atoms with Crippen LogP contribution in [0.15, 0.2) is 64.1 Å². The van der Waals surface area contributed by atoms with Gasteiger partial charge in [0.2, 0.25) is 10.0 Å².